The topological polar surface area (TPSA) is 60.4 Å². The number of hydrogen-bond donors (Lipinski definition) is 1. The zero-order valence-electron chi connectivity index (χ0n) is 14.2. The van der Waals surface area contributed by atoms with Crippen molar-refractivity contribution in [1.29, 1.82) is 0 Å². The smallest absolute Gasteiger partial charge is 0.248 e. The molecule has 27 heavy (non-hydrogen) atoms. The Bertz CT molecular complexity index is 1170. The molecule has 2 aromatic carbocycles. The lowest BCUT2D eigenvalue weighted by Gasteiger charge is -2.04. The molecule has 0 aliphatic carbocycles. The van der Waals surface area contributed by atoms with Crippen LogP contribution in [0.15, 0.2) is 66.9 Å². The molecule has 0 fully saturated rings. The summed E-state index contributed by atoms with van der Waals surface area (Å²) in [4.78, 5) is 11.3. The van der Waals surface area contributed by atoms with Gasteiger partial charge in [-0.05, 0) is 60.0 Å². The molecule has 4 aromatic rings. The summed E-state index contributed by atoms with van der Waals surface area (Å²) >= 11 is 0. The maximum atomic E-state index is 14.0. The molecular weight excluding hydrogens is 348 g/mol. The zero-order chi connectivity index (χ0) is 19.0. The largest absolute Gasteiger partial charge is 0.366 e. The molecule has 4 nitrogen and oxygen atoms in total. The monoisotopic (exact) mass is 363 g/mol. The Morgan fingerprint density at radius 3 is 2.59 bits per heavy atom. The number of aromatic nitrogens is 2. The number of benzene rings is 2. The van der Waals surface area contributed by atoms with Crippen molar-refractivity contribution in [2.24, 2.45) is 5.73 Å². The Kier molecular flexibility index (Phi) is 4.16. The Morgan fingerprint density at radius 2 is 1.78 bits per heavy atom. The third-order valence-electron chi connectivity index (χ3n) is 4.38. The van der Waals surface area contributed by atoms with E-state index in [1.807, 2.05) is 18.2 Å². The highest BCUT2D eigenvalue weighted by Crippen LogP contribution is 2.25. The normalized spacial score (nSPS) is 11.0. The van der Waals surface area contributed by atoms with Crippen molar-refractivity contribution < 1.29 is 13.6 Å². The van der Waals surface area contributed by atoms with Gasteiger partial charge >= 0.3 is 0 Å². The fourth-order valence-electron chi connectivity index (χ4n) is 3.05. The SMILES string of the molecule is NC(=O)c1cccc(Cc2ccn3nc(-c4cccc(F)c4F)cc3c2)c1. The van der Waals surface area contributed by atoms with E-state index >= 15 is 0 Å². The summed E-state index contributed by atoms with van der Waals surface area (Å²) in [6.45, 7) is 0. The van der Waals surface area contributed by atoms with E-state index in [-0.39, 0.29) is 5.56 Å². The molecule has 2 heterocycles. The minimum atomic E-state index is -0.913. The average molecular weight is 363 g/mol. The second-order valence-electron chi connectivity index (χ2n) is 6.28. The molecule has 1 amide bonds. The molecule has 0 saturated carbocycles. The fourth-order valence-corrected chi connectivity index (χ4v) is 3.05. The number of primary amides is 1. The fraction of sp³-hybridized carbons (Fsp3) is 0.0476. The van der Waals surface area contributed by atoms with Crippen molar-refractivity contribution in [2.45, 2.75) is 6.42 Å². The number of rotatable bonds is 4. The molecule has 2 aromatic heterocycles. The Morgan fingerprint density at radius 1 is 1.00 bits per heavy atom. The van der Waals surface area contributed by atoms with Gasteiger partial charge in [0.2, 0.25) is 5.91 Å². The average Bonchev–Trinajstić information content (AvgIpc) is 3.07. The van der Waals surface area contributed by atoms with E-state index in [1.165, 1.54) is 12.1 Å². The second-order valence-corrected chi connectivity index (χ2v) is 6.28. The summed E-state index contributed by atoms with van der Waals surface area (Å²) < 4.78 is 29.1. The second kappa shape index (κ2) is 6.64. The molecule has 6 heteroatoms. The van der Waals surface area contributed by atoms with Gasteiger partial charge in [-0.1, -0.05) is 18.2 Å². The van der Waals surface area contributed by atoms with E-state index in [1.54, 1.807) is 35.0 Å². The first-order valence-corrected chi connectivity index (χ1v) is 8.33. The first-order chi connectivity index (χ1) is 13.0. The van der Waals surface area contributed by atoms with Crippen LogP contribution in [0.1, 0.15) is 21.5 Å². The summed E-state index contributed by atoms with van der Waals surface area (Å²) in [5.74, 6) is -2.28. The number of carbonyl (C=O) groups excluding carboxylic acids is 1. The number of nitrogens with zero attached hydrogens (tertiary/aromatic N) is 2. The molecule has 0 atom stereocenters. The van der Waals surface area contributed by atoms with Crippen LogP contribution < -0.4 is 5.73 Å². The Labute approximate surface area is 153 Å². The summed E-state index contributed by atoms with van der Waals surface area (Å²) in [5, 5.41) is 4.32. The number of pyridine rings is 1. The van der Waals surface area contributed by atoms with Gasteiger partial charge in [-0.15, -0.1) is 0 Å². The van der Waals surface area contributed by atoms with Crippen LogP contribution in [0.5, 0.6) is 0 Å². The Balaban J connectivity index is 1.68. The lowest BCUT2D eigenvalue weighted by molar-refractivity contribution is 0.1000. The highest BCUT2D eigenvalue weighted by molar-refractivity contribution is 5.92. The maximum absolute atomic E-state index is 14.0. The van der Waals surface area contributed by atoms with Gasteiger partial charge in [0, 0.05) is 17.3 Å². The van der Waals surface area contributed by atoms with E-state index in [0.29, 0.717) is 17.7 Å². The van der Waals surface area contributed by atoms with Crippen LogP contribution in [-0.2, 0) is 6.42 Å². The van der Waals surface area contributed by atoms with Gasteiger partial charge in [0.1, 0.15) is 0 Å². The number of halogens is 2. The van der Waals surface area contributed by atoms with Crippen LogP contribution in [0.25, 0.3) is 16.8 Å². The maximum Gasteiger partial charge on any atom is 0.248 e. The van der Waals surface area contributed by atoms with Gasteiger partial charge in [-0.3, -0.25) is 4.79 Å². The van der Waals surface area contributed by atoms with Crippen LogP contribution in [0.2, 0.25) is 0 Å². The van der Waals surface area contributed by atoms with E-state index in [2.05, 4.69) is 5.10 Å². The van der Waals surface area contributed by atoms with Gasteiger partial charge in [0.05, 0.1) is 11.2 Å². The summed E-state index contributed by atoms with van der Waals surface area (Å²) in [6, 6.07) is 16.7. The van der Waals surface area contributed by atoms with E-state index in [9.17, 15) is 13.6 Å². The van der Waals surface area contributed by atoms with E-state index in [4.69, 9.17) is 5.73 Å². The molecule has 0 spiro atoms. The molecule has 134 valence electrons. The molecule has 0 aliphatic heterocycles. The molecule has 0 radical (unpaired) electrons. The van der Waals surface area contributed by atoms with Gasteiger partial charge in [0.25, 0.3) is 0 Å². The van der Waals surface area contributed by atoms with Crippen molar-refractivity contribution >= 4 is 11.4 Å². The van der Waals surface area contributed by atoms with Gasteiger partial charge in [0.15, 0.2) is 11.6 Å². The predicted octanol–water partition coefficient (Wildman–Crippen LogP) is 3.97. The van der Waals surface area contributed by atoms with Gasteiger partial charge in [-0.2, -0.15) is 5.10 Å². The van der Waals surface area contributed by atoms with E-state index in [0.717, 1.165) is 22.7 Å². The number of carbonyl (C=O) groups is 1. The van der Waals surface area contributed by atoms with Crippen LogP contribution in [0, 0.1) is 11.6 Å². The van der Waals surface area contributed by atoms with Crippen LogP contribution >= 0.6 is 0 Å². The standard InChI is InChI=1S/C21H15F2N3O/c22-18-6-2-5-17(20(18)23)19-12-16-11-14(7-8-26(16)25-19)9-13-3-1-4-15(10-13)21(24)27/h1-8,10-12H,9H2,(H2,24,27). The highest BCUT2D eigenvalue weighted by atomic mass is 19.2. The lowest BCUT2D eigenvalue weighted by Crippen LogP contribution is -2.11. The molecule has 0 bridgehead atoms. The highest BCUT2D eigenvalue weighted by Gasteiger charge is 2.13. The Hall–Kier alpha value is -3.54. The van der Waals surface area contributed by atoms with Crippen LogP contribution in [0.4, 0.5) is 8.78 Å². The van der Waals surface area contributed by atoms with E-state index < -0.39 is 17.5 Å². The van der Waals surface area contributed by atoms with Crippen molar-refractivity contribution in [3.63, 3.8) is 0 Å². The first kappa shape index (κ1) is 16.9. The van der Waals surface area contributed by atoms with Crippen LogP contribution in [-0.4, -0.2) is 15.5 Å². The van der Waals surface area contributed by atoms with Crippen molar-refractivity contribution in [2.75, 3.05) is 0 Å². The minimum absolute atomic E-state index is 0.120. The van der Waals surface area contributed by atoms with Gasteiger partial charge < -0.3 is 5.73 Å². The predicted molar refractivity (Wildman–Crippen MR) is 98.3 cm³/mol. The summed E-state index contributed by atoms with van der Waals surface area (Å²) in [7, 11) is 0. The quantitative estimate of drug-likeness (QED) is 0.596. The number of amides is 1. The third-order valence-corrected chi connectivity index (χ3v) is 4.38. The zero-order valence-corrected chi connectivity index (χ0v) is 14.2. The molecule has 2 N–H and O–H groups in total. The molecule has 0 aliphatic rings. The van der Waals surface area contributed by atoms with Crippen LogP contribution in [0.3, 0.4) is 0 Å². The minimum Gasteiger partial charge on any atom is -0.366 e. The molecule has 4 rings (SSSR count). The molecular formula is C21H15F2N3O. The lowest BCUT2D eigenvalue weighted by atomic mass is 10.0. The summed E-state index contributed by atoms with van der Waals surface area (Å²) in [5.41, 5.74) is 8.97. The molecule has 0 unspecified atom stereocenters. The number of nitrogens with two attached hydrogens (primary N) is 1. The van der Waals surface area contributed by atoms with Crippen molar-refractivity contribution in [3.8, 4) is 11.3 Å². The summed E-state index contributed by atoms with van der Waals surface area (Å²) in [6.07, 6.45) is 2.37. The number of fused-ring (bicyclic) bond motifs is 1. The van der Waals surface area contributed by atoms with Gasteiger partial charge in [-0.25, -0.2) is 13.3 Å². The first-order valence-electron chi connectivity index (χ1n) is 8.33. The third kappa shape index (κ3) is 3.29. The molecule has 0 saturated heterocycles. The van der Waals surface area contributed by atoms with Crippen molar-refractivity contribution in [1.82, 2.24) is 9.61 Å². The number of hydrogen-bond acceptors (Lipinski definition) is 2. The van der Waals surface area contributed by atoms with Crippen molar-refractivity contribution in [3.05, 3.63) is 95.2 Å².